The van der Waals surface area contributed by atoms with Crippen molar-refractivity contribution in [1.29, 1.82) is 0 Å². The molecule has 0 aliphatic rings. The zero-order valence-electron chi connectivity index (χ0n) is 16.9. The maximum atomic E-state index is 12.1. The second-order valence-electron chi connectivity index (χ2n) is 6.40. The SMILES string of the molecule is CCCC(=O)OCC(OC(=O)CCC)C(OC(CCC)=NO)c1ccccc1.[SiH4]. The molecular formula is C21H35NO6Si. The van der Waals surface area contributed by atoms with Gasteiger partial charge in [-0.05, 0) is 35.8 Å². The van der Waals surface area contributed by atoms with Crippen molar-refractivity contribution >= 4 is 28.8 Å². The van der Waals surface area contributed by atoms with E-state index in [9.17, 15) is 14.8 Å². The van der Waals surface area contributed by atoms with Gasteiger partial charge in [0, 0.05) is 19.3 Å². The fourth-order valence-corrected chi connectivity index (χ4v) is 2.56. The molecule has 164 valence electrons. The lowest BCUT2D eigenvalue weighted by molar-refractivity contribution is -0.166. The lowest BCUT2D eigenvalue weighted by Gasteiger charge is -2.28. The molecule has 0 aliphatic carbocycles. The number of carbonyl (C=O) groups excluding carboxylic acids is 2. The number of rotatable bonds is 12. The van der Waals surface area contributed by atoms with E-state index < -0.39 is 18.2 Å². The Hall–Kier alpha value is -2.35. The van der Waals surface area contributed by atoms with Crippen LogP contribution in [-0.4, -0.2) is 46.7 Å². The number of esters is 2. The summed E-state index contributed by atoms with van der Waals surface area (Å²) >= 11 is 0. The van der Waals surface area contributed by atoms with Gasteiger partial charge in [0.25, 0.3) is 0 Å². The van der Waals surface area contributed by atoms with Gasteiger partial charge in [-0.25, -0.2) is 0 Å². The van der Waals surface area contributed by atoms with Crippen molar-refractivity contribution < 1.29 is 29.0 Å². The van der Waals surface area contributed by atoms with Crippen LogP contribution < -0.4 is 0 Å². The van der Waals surface area contributed by atoms with Crippen LogP contribution in [0.3, 0.4) is 0 Å². The molecule has 1 aromatic rings. The molecule has 1 N–H and O–H groups in total. The third-order valence-electron chi connectivity index (χ3n) is 3.90. The minimum Gasteiger partial charge on any atom is -0.466 e. The van der Waals surface area contributed by atoms with Crippen molar-refractivity contribution in [2.75, 3.05) is 6.61 Å². The molecule has 0 amide bonds. The number of oxime groups is 1. The molecule has 0 radical (unpaired) electrons. The molecule has 8 heteroatoms. The summed E-state index contributed by atoms with van der Waals surface area (Å²) in [5.74, 6) is -0.634. The van der Waals surface area contributed by atoms with Crippen molar-refractivity contribution in [2.24, 2.45) is 5.16 Å². The van der Waals surface area contributed by atoms with Gasteiger partial charge in [-0.3, -0.25) is 9.59 Å². The summed E-state index contributed by atoms with van der Waals surface area (Å²) in [5.41, 5.74) is 0.723. The van der Waals surface area contributed by atoms with Crippen LogP contribution in [-0.2, 0) is 23.8 Å². The lowest BCUT2D eigenvalue weighted by Crippen LogP contribution is -2.34. The highest BCUT2D eigenvalue weighted by molar-refractivity contribution is 5.76. The molecule has 0 saturated heterocycles. The van der Waals surface area contributed by atoms with E-state index >= 15 is 0 Å². The number of ether oxygens (including phenoxy) is 3. The number of hydrogen-bond acceptors (Lipinski definition) is 7. The van der Waals surface area contributed by atoms with E-state index in [2.05, 4.69) is 5.16 Å². The fourth-order valence-electron chi connectivity index (χ4n) is 2.56. The summed E-state index contributed by atoms with van der Waals surface area (Å²) in [5, 5.41) is 12.5. The molecule has 29 heavy (non-hydrogen) atoms. The van der Waals surface area contributed by atoms with Gasteiger partial charge in [0.05, 0.1) is 0 Å². The quantitative estimate of drug-likeness (QED) is 0.138. The first kappa shape index (κ1) is 26.6. The molecule has 0 aliphatic heterocycles. The van der Waals surface area contributed by atoms with E-state index in [-0.39, 0.29) is 42.3 Å². The molecule has 0 spiro atoms. The first-order valence-corrected chi connectivity index (χ1v) is 9.83. The van der Waals surface area contributed by atoms with Crippen molar-refractivity contribution in [3.63, 3.8) is 0 Å². The molecule has 0 fully saturated rings. The molecule has 1 aromatic carbocycles. The highest BCUT2D eigenvalue weighted by Crippen LogP contribution is 2.26. The minimum atomic E-state index is -0.865. The van der Waals surface area contributed by atoms with Crippen LogP contribution in [0.4, 0.5) is 0 Å². The summed E-state index contributed by atoms with van der Waals surface area (Å²) < 4.78 is 16.8. The third kappa shape index (κ3) is 10.1. The van der Waals surface area contributed by atoms with Crippen LogP contribution in [0.5, 0.6) is 0 Å². The highest BCUT2D eigenvalue weighted by atomic mass is 28.1. The maximum absolute atomic E-state index is 12.1. The number of hydrogen-bond donors (Lipinski definition) is 1. The Balaban J connectivity index is 0.00000784. The van der Waals surface area contributed by atoms with Gasteiger partial charge >= 0.3 is 11.9 Å². The van der Waals surface area contributed by atoms with Gasteiger partial charge in [0.2, 0.25) is 5.90 Å². The summed E-state index contributed by atoms with van der Waals surface area (Å²) in [6.07, 6.45) is 1.33. The van der Waals surface area contributed by atoms with Crippen LogP contribution in [0.2, 0.25) is 0 Å². The van der Waals surface area contributed by atoms with E-state index in [1.165, 1.54) is 0 Å². The summed E-state index contributed by atoms with van der Waals surface area (Å²) in [4.78, 5) is 24.0. The van der Waals surface area contributed by atoms with E-state index in [1.54, 1.807) is 0 Å². The van der Waals surface area contributed by atoms with Gasteiger partial charge < -0.3 is 19.4 Å². The number of benzene rings is 1. The second-order valence-corrected chi connectivity index (χ2v) is 6.40. The highest BCUT2D eigenvalue weighted by Gasteiger charge is 2.31. The first-order valence-electron chi connectivity index (χ1n) is 9.83. The minimum absolute atomic E-state index is 0. The maximum Gasteiger partial charge on any atom is 0.306 e. The average molecular weight is 426 g/mol. The Morgan fingerprint density at radius 2 is 1.52 bits per heavy atom. The first-order chi connectivity index (χ1) is 13.5. The van der Waals surface area contributed by atoms with E-state index in [4.69, 9.17) is 14.2 Å². The fraction of sp³-hybridized carbons (Fsp3) is 0.571. The second kappa shape index (κ2) is 15.6. The summed E-state index contributed by atoms with van der Waals surface area (Å²) in [6.45, 7) is 5.54. The van der Waals surface area contributed by atoms with Gasteiger partial charge in [-0.2, -0.15) is 0 Å². The smallest absolute Gasteiger partial charge is 0.306 e. The van der Waals surface area contributed by atoms with Crippen molar-refractivity contribution in [2.45, 2.75) is 71.5 Å². The van der Waals surface area contributed by atoms with Gasteiger partial charge in [-0.15, -0.1) is 0 Å². The van der Waals surface area contributed by atoms with E-state index in [0.717, 1.165) is 5.56 Å². The third-order valence-corrected chi connectivity index (χ3v) is 3.90. The molecule has 2 atom stereocenters. The van der Waals surface area contributed by atoms with Crippen molar-refractivity contribution in [1.82, 2.24) is 0 Å². The predicted octanol–water partition coefficient (Wildman–Crippen LogP) is 2.94. The standard InChI is InChI=1S/C21H31NO6.H4Si/c1-4-10-18(22-25)28-21(16-13-8-7-9-14-16)17(27-20(24)12-6-3)15-26-19(23)11-5-2;/h7-9,13-14,17,21,25H,4-6,10-12,15H2,1-3H3;1H4. The van der Waals surface area contributed by atoms with Crippen LogP contribution in [0.25, 0.3) is 0 Å². The van der Waals surface area contributed by atoms with Crippen molar-refractivity contribution in [3.8, 4) is 0 Å². The Kier molecular flexibility index (Phi) is 14.3. The molecule has 0 bridgehead atoms. The predicted molar refractivity (Wildman–Crippen MR) is 116 cm³/mol. The Morgan fingerprint density at radius 1 is 0.931 bits per heavy atom. The Labute approximate surface area is 177 Å². The van der Waals surface area contributed by atoms with Crippen LogP contribution in [0.1, 0.15) is 71.0 Å². The Bertz CT molecular complexity index is 623. The van der Waals surface area contributed by atoms with E-state index in [1.807, 2.05) is 51.1 Å². The molecule has 2 unspecified atom stereocenters. The van der Waals surface area contributed by atoms with E-state index in [0.29, 0.717) is 25.7 Å². The lowest BCUT2D eigenvalue weighted by atomic mass is 10.0. The summed E-state index contributed by atoms with van der Waals surface area (Å²) in [7, 11) is 0. The number of carbonyl (C=O) groups is 2. The Morgan fingerprint density at radius 3 is 2.07 bits per heavy atom. The molecule has 0 heterocycles. The number of nitrogens with zero attached hydrogens (tertiary/aromatic N) is 1. The zero-order valence-corrected chi connectivity index (χ0v) is 16.9. The van der Waals surface area contributed by atoms with Crippen molar-refractivity contribution in [3.05, 3.63) is 35.9 Å². The molecule has 1 rings (SSSR count). The average Bonchev–Trinajstić information content (AvgIpc) is 2.69. The summed E-state index contributed by atoms with van der Waals surface area (Å²) in [6, 6.07) is 9.15. The van der Waals surface area contributed by atoms with Gasteiger partial charge in [0.1, 0.15) is 6.61 Å². The zero-order chi connectivity index (χ0) is 20.8. The van der Waals surface area contributed by atoms with Gasteiger partial charge in [0.15, 0.2) is 12.2 Å². The largest absolute Gasteiger partial charge is 0.466 e. The molecule has 7 nitrogen and oxygen atoms in total. The molecule has 0 saturated carbocycles. The topological polar surface area (TPSA) is 94.4 Å². The normalized spacial score (nSPS) is 13.0. The van der Waals surface area contributed by atoms with Crippen LogP contribution in [0, 0.1) is 0 Å². The monoisotopic (exact) mass is 425 g/mol. The van der Waals surface area contributed by atoms with Gasteiger partial charge in [-0.1, -0.05) is 56.3 Å². The molecule has 0 aromatic heterocycles. The van der Waals surface area contributed by atoms with Crippen LogP contribution >= 0.6 is 0 Å². The molecular weight excluding hydrogens is 390 g/mol. The van der Waals surface area contributed by atoms with Crippen LogP contribution in [0.15, 0.2) is 35.5 Å².